The fourth-order valence-electron chi connectivity index (χ4n) is 3.21. The SMILES string of the molecule is C=C/C=C\C(C)=C(/C)CCC.CC.CC.CC(=O)c1ccc2nc(-c3c(C)cccc3Cl)[nH]c2c1. The summed E-state index contributed by atoms with van der Waals surface area (Å²) < 4.78 is 0. The monoisotopic (exact) mass is 494 g/mol. The van der Waals surface area contributed by atoms with Gasteiger partial charge in [-0.3, -0.25) is 4.79 Å². The lowest BCUT2D eigenvalue weighted by atomic mass is 10.1. The maximum absolute atomic E-state index is 11.4. The topological polar surface area (TPSA) is 45.8 Å². The Bertz CT molecular complexity index is 1120. The number of ketones is 1. The summed E-state index contributed by atoms with van der Waals surface area (Å²) in [5, 5.41) is 0.663. The molecule has 0 saturated carbocycles. The van der Waals surface area contributed by atoms with Crippen LogP contribution in [-0.2, 0) is 0 Å². The summed E-state index contributed by atoms with van der Waals surface area (Å²) in [7, 11) is 0. The molecule has 0 unspecified atom stereocenters. The number of aromatic amines is 1. The van der Waals surface area contributed by atoms with Gasteiger partial charge in [0.1, 0.15) is 5.82 Å². The van der Waals surface area contributed by atoms with E-state index < -0.39 is 0 Å². The minimum Gasteiger partial charge on any atom is -0.338 e. The van der Waals surface area contributed by atoms with Crippen LogP contribution in [0.2, 0.25) is 5.02 Å². The van der Waals surface area contributed by atoms with E-state index >= 15 is 0 Å². The quantitative estimate of drug-likeness (QED) is 0.273. The Morgan fingerprint density at radius 3 is 2.29 bits per heavy atom. The van der Waals surface area contributed by atoms with E-state index in [4.69, 9.17) is 11.6 Å². The number of fused-ring (bicyclic) bond motifs is 1. The molecule has 0 saturated heterocycles. The zero-order valence-electron chi connectivity index (χ0n) is 23.1. The molecule has 0 bridgehead atoms. The number of nitrogens with one attached hydrogen (secondary N) is 1. The first-order valence-corrected chi connectivity index (χ1v) is 12.9. The zero-order valence-corrected chi connectivity index (χ0v) is 23.8. The lowest BCUT2D eigenvalue weighted by Gasteiger charge is -2.04. The molecule has 35 heavy (non-hydrogen) atoms. The Morgan fingerprint density at radius 1 is 1.09 bits per heavy atom. The van der Waals surface area contributed by atoms with Crippen LogP contribution in [0.5, 0.6) is 0 Å². The van der Waals surface area contributed by atoms with Gasteiger partial charge >= 0.3 is 0 Å². The minimum atomic E-state index is 0.0389. The van der Waals surface area contributed by atoms with E-state index in [0.29, 0.717) is 10.6 Å². The van der Waals surface area contributed by atoms with Gasteiger partial charge in [-0.05, 0) is 63.9 Å². The predicted molar refractivity (Wildman–Crippen MR) is 157 cm³/mol. The van der Waals surface area contributed by atoms with Crippen molar-refractivity contribution in [2.24, 2.45) is 0 Å². The van der Waals surface area contributed by atoms with Crippen LogP contribution >= 0.6 is 11.6 Å². The number of allylic oxidation sites excluding steroid dienone is 5. The lowest BCUT2D eigenvalue weighted by Crippen LogP contribution is -1.90. The first-order chi connectivity index (χ1) is 16.8. The fourth-order valence-corrected chi connectivity index (χ4v) is 3.52. The molecule has 0 spiro atoms. The van der Waals surface area contributed by atoms with Crippen molar-refractivity contribution in [3.05, 3.63) is 88.5 Å². The Labute approximate surface area is 218 Å². The molecule has 3 nitrogen and oxygen atoms in total. The van der Waals surface area contributed by atoms with Gasteiger partial charge < -0.3 is 4.98 Å². The van der Waals surface area contributed by atoms with Crippen LogP contribution in [0.1, 0.15) is 84.2 Å². The van der Waals surface area contributed by atoms with Crippen molar-refractivity contribution in [1.29, 1.82) is 0 Å². The number of Topliss-reactive ketones (excluding diaryl/α,β-unsaturated/α-hetero) is 1. The second-order valence-electron chi connectivity index (χ2n) is 7.61. The van der Waals surface area contributed by atoms with E-state index in [-0.39, 0.29) is 5.78 Å². The highest BCUT2D eigenvalue weighted by molar-refractivity contribution is 6.33. The Kier molecular flexibility index (Phi) is 16.1. The van der Waals surface area contributed by atoms with Gasteiger partial charge in [-0.25, -0.2) is 4.98 Å². The third-order valence-corrected chi connectivity index (χ3v) is 5.44. The standard InChI is InChI=1S/C16H13ClN2O.C11H18.2C2H6/c1-9-4-3-5-12(17)15(9)16-18-13-7-6-11(10(2)20)8-14(13)19-16;1-5-7-9-11(4)10(3)8-6-2;2*1-2/h3-8H,1-2H3,(H,18,19);5,7,9H,1,6,8H2,2-4H3;2*1-2H3/b;9-7-,11-10+;;. The summed E-state index contributed by atoms with van der Waals surface area (Å²) in [4.78, 5) is 19.2. The molecule has 0 aliphatic rings. The first-order valence-electron chi connectivity index (χ1n) is 12.5. The normalized spacial score (nSPS) is 10.8. The Hall–Kier alpha value is -2.91. The molecule has 0 aliphatic carbocycles. The van der Waals surface area contributed by atoms with Gasteiger partial charge in [0.05, 0.1) is 16.1 Å². The number of benzene rings is 2. The molecule has 0 radical (unpaired) electrons. The van der Waals surface area contributed by atoms with Gasteiger partial charge in [-0.1, -0.05) is 101 Å². The van der Waals surface area contributed by atoms with E-state index in [1.165, 1.54) is 24.0 Å². The van der Waals surface area contributed by atoms with Crippen LogP contribution in [0.4, 0.5) is 0 Å². The number of aromatic nitrogens is 2. The van der Waals surface area contributed by atoms with E-state index in [9.17, 15) is 4.79 Å². The van der Waals surface area contributed by atoms with Gasteiger partial charge in [0, 0.05) is 11.1 Å². The van der Waals surface area contributed by atoms with Crippen LogP contribution in [0.25, 0.3) is 22.4 Å². The van der Waals surface area contributed by atoms with Crippen LogP contribution in [0.15, 0.2) is 72.4 Å². The number of nitrogens with zero attached hydrogens (tertiary/aromatic N) is 1. The summed E-state index contributed by atoms with van der Waals surface area (Å²) in [6.07, 6.45) is 8.33. The van der Waals surface area contributed by atoms with Gasteiger partial charge in [-0.2, -0.15) is 0 Å². The summed E-state index contributed by atoms with van der Waals surface area (Å²) in [6, 6.07) is 11.2. The molecule has 1 N–H and O–H groups in total. The average molecular weight is 495 g/mol. The Balaban J connectivity index is 0.000000661. The summed E-state index contributed by atoms with van der Waals surface area (Å²) in [5.41, 5.74) is 7.13. The molecular formula is C31H43ClN2O. The molecule has 0 amide bonds. The summed E-state index contributed by atoms with van der Waals surface area (Å²) in [5.74, 6) is 0.765. The number of hydrogen-bond acceptors (Lipinski definition) is 2. The van der Waals surface area contributed by atoms with Crippen molar-refractivity contribution < 1.29 is 4.79 Å². The Morgan fingerprint density at radius 2 is 1.74 bits per heavy atom. The number of imidazole rings is 1. The molecule has 1 aromatic heterocycles. The smallest absolute Gasteiger partial charge is 0.159 e. The van der Waals surface area contributed by atoms with Crippen LogP contribution in [0.3, 0.4) is 0 Å². The molecule has 2 aromatic carbocycles. The minimum absolute atomic E-state index is 0.0389. The average Bonchev–Trinajstić information content (AvgIpc) is 3.28. The van der Waals surface area contributed by atoms with Crippen molar-refractivity contribution in [2.45, 2.75) is 75.2 Å². The molecule has 3 rings (SSSR count). The third kappa shape index (κ3) is 10.1. The number of rotatable bonds is 6. The van der Waals surface area contributed by atoms with Crippen molar-refractivity contribution in [2.75, 3.05) is 0 Å². The van der Waals surface area contributed by atoms with E-state index in [0.717, 1.165) is 28.0 Å². The van der Waals surface area contributed by atoms with Crippen molar-refractivity contribution >= 4 is 28.4 Å². The van der Waals surface area contributed by atoms with Crippen molar-refractivity contribution in [3.8, 4) is 11.4 Å². The van der Waals surface area contributed by atoms with Crippen molar-refractivity contribution in [1.82, 2.24) is 9.97 Å². The van der Waals surface area contributed by atoms with E-state index in [1.807, 2.05) is 77.1 Å². The second-order valence-corrected chi connectivity index (χ2v) is 8.02. The molecule has 0 aliphatic heterocycles. The first kappa shape index (κ1) is 32.1. The number of aryl methyl sites for hydroxylation is 1. The van der Waals surface area contributed by atoms with Gasteiger partial charge in [0.25, 0.3) is 0 Å². The highest BCUT2D eigenvalue weighted by Crippen LogP contribution is 2.30. The highest BCUT2D eigenvalue weighted by Gasteiger charge is 2.12. The van der Waals surface area contributed by atoms with Gasteiger partial charge in [0.15, 0.2) is 5.78 Å². The van der Waals surface area contributed by atoms with E-state index in [1.54, 1.807) is 13.0 Å². The van der Waals surface area contributed by atoms with E-state index in [2.05, 4.69) is 43.4 Å². The molecule has 3 aromatic rings. The molecule has 4 heteroatoms. The number of H-pyrrole nitrogens is 1. The van der Waals surface area contributed by atoms with Gasteiger partial charge in [0.2, 0.25) is 0 Å². The molecule has 0 atom stereocenters. The number of carbonyl (C=O) groups excluding carboxylic acids is 1. The molecule has 0 fully saturated rings. The molecule has 1 heterocycles. The van der Waals surface area contributed by atoms with Crippen molar-refractivity contribution in [3.63, 3.8) is 0 Å². The predicted octanol–water partition coefficient (Wildman–Crippen LogP) is 10.3. The third-order valence-electron chi connectivity index (χ3n) is 5.13. The van der Waals surface area contributed by atoms with Gasteiger partial charge in [-0.15, -0.1) is 0 Å². The van der Waals surface area contributed by atoms with Crippen LogP contribution in [-0.4, -0.2) is 15.8 Å². The number of hydrogen-bond donors (Lipinski definition) is 1. The zero-order chi connectivity index (χ0) is 27.0. The lowest BCUT2D eigenvalue weighted by molar-refractivity contribution is 0.101. The maximum atomic E-state index is 11.4. The fraction of sp³-hybridized carbons (Fsp3) is 0.355. The molecular weight excluding hydrogens is 452 g/mol. The van der Waals surface area contributed by atoms with Crippen LogP contribution in [0, 0.1) is 6.92 Å². The second kappa shape index (κ2) is 17.5. The summed E-state index contributed by atoms with van der Waals surface area (Å²) >= 11 is 6.26. The summed E-state index contributed by atoms with van der Waals surface area (Å²) in [6.45, 7) is 21.7. The number of halogens is 1. The number of carbonyl (C=O) groups is 1. The maximum Gasteiger partial charge on any atom is 0.159 e. The molecule has 190 valence electrons. The largest absolute Gasteiger partial charge is 0.338 e. The highest BCUT2D eigenvalue weighted by atomic mass is 35.5. The van der Waals surface area contributed by atoms with Crippen LogP contribution < -0.4 is 0 Å².